The molecule has 1 unspecified atom stereocenters. The molecule has 2 rings (SSSR count). The SMILES string of the molecule is CC(N)c1ccc(N(Cc2ccccc2)C(C)C)cn1. The predicted molar refractivity (Wildman–Crippen MR) is 84.6 cm³/mol. The van der Waals surface area contributed by atoms with Crippen LogP contribution in [0.5, 0.6) is 0 Å². The first kappa shape index (κ1) is 14.5. The van der Waals surface area contributed by atoms with Gasteiger partial charge in [-0.05, 0) is 38.5 Å². The molecule has 1 heterocycles. The van der Waals surface area contributed by atoms with Gasteiger partial charge >= 0.3 is 0 Å². The Morgan fingerprint density at radius 3 is 2.25 bits per heavy atom. The van der Waals surface area contributed by atoms with Crippen molar-refractivity contribution in [2.45, 2.75) is 39.4 Å². The van der Waals surface area contributed by atoms with Gasteiger partial charge in [0.15, 0.2) is 0 Å². The highest BCUT2D eigenvalue weighted by Gasteiger charge is 2.12. The van der Waals surface area contributed by atoms with E-state index in [1.165, 1.54) is 5.56 Å². The summed E-state index contributed by atoms with van der Waals surface area (Å²) in [5.74, 6) is 0. The normalized spacial score (nSPS) is 12.4. The quantitative estimate of drug-likeness (QED) is 0.903. The summed E-state index contributed by atoms with van der Waals surface area (Å²) in [7, 11) is 0. The highest BCUT2D eigenvalue weighted by atomic mass is 15.2. The Morgan fingerprint density at radius 1 is 1.05 bits per heavy atom. The van der Waals surface area contributed by atoms with Crippen molar-refractivity contribution in [3.8, 4) is 0 Å². The van der Waals surface area contributed by atoms with E-state index in [-0.39, 0.29) is 6.04 Å². The van der Waals surface area contributed by atoms with Gasteiger partial charge in [-0.3, -0.25) is 4.98 Å². The van der Waals surface area contributed by atoms with Gasteiger partial charge in [0.05, 0.1) is 17.6 Å². The van der Waals surface area contributed by atoms with Gasteiger partial charge in [-0.25, -0.2) is 0 Å². The first-order valence-corrected chi connectivity index (χ1v) is 7.10. The molecule has 1 aromatic carbocycles. The average molecular weight is 269 g/mol. The van der Waals surface area contributed by atoms with Crippen LogP contribution in [0, 0.1) is 0 Å². The molecule has 3 heteroatoms. The predicted octanol–water partition coefficient (Wildman–Crippen LogP) is 3.52. The molecular weight excluding hydrogens is 246 g/mol. The zero-order valence-electron chi connectivity index (χ0n) is 12.5. The average Bonchev–Trinajstić information content (AvgIpc) is 2.45. The van der Waals surface area contributed by atoms with E-state index in [1.54, 1.807) is 0 Å². The van der Waals surface area contributed by atoms with E-state index in [2.05, 4.69) is 54.1 Å². The van der Waals surface area contributed by atoms with Crippen molar-refractivity contribution in [2.24, 2.45) is 5.73 Å². The maximum atomic E-state index is 5.85. The third-order valence-corrected chi connectivity index (χ3v) is 3.39. The molecule has 0 fully saturated rings. The highest BCUT2D eigenvalue weighted by molar-refractivity contribution is 5.46. The number of hydrogen-bond acceptors (Lipinski definition) is 3. The fourth-order valence-corrected chi connectivity index (χ4v) is 2.19. The maximum Gasteiger partial charge on any atom is 0.0569 e. The summed E-state index contributed by atoms with van der Waals surface area (Å²) in [4.78, 5) is 6.80. The second-order valence-corrected chi connectivity index (χ2v) is 5.44. The fraction of sp³-hybridized carbons (Fsp3) is 0.353. The number of anilines is 1. The molecule has 1 atom stereocenters. The van der Waals surface area contributed by atoms with Gasteiger partial charge in [-0.2, -0.15) is 0 Å². The minimum Gasteiger partial charge on any atom is -0.364 e. The van der Waals surface area contributed by atoms with Crippen molar-refractivity contribution in [1.29, 1.82) is 0 Å². The van der Waals surface area contributed by atoms with Crippen molar-refractivity contribution < 1.29 is 0 Å². The third-order valence-electron chi connectivity index (χ3n) is 3.39. The monoisotopic (exact) mass is 269 g/mol. The van der Waals surface area contributed by atoms with Crippen molar-refractivity contribution in [3.05, 3.63) is 59.9 Å². The van der Waals surface area contributed by atoms with Gasteiger partial charge in [0.1, 0.15) is 0 Å². The summed E-state index contributed by atoms with van der Waals surface area (Å²) in [5, 5.41) is 0. The highest BCUT2D eigenvalue weighted by Crippen LogP contribution is 2.20. The fourth-order valence-electron chi connectivity index (χ4n) is 2.19. The molecule has 0 aliphatic rings. The van der Waals surface area contributed by atoms with E-state index in [9.17, 15) is 0 Å². The molecule has 0 spiro atoms. The van der Waals surface area contributed by atoms with E-state index in [0.717, 1.165) is 17.9 Å². The molecule has 0 bridgehead atoms. The molecule has 20 heavy (non-hydrogen) atoms. The molecule has 0 saturated heterocycles. The molecule has 106 valence electrons. The van der Waals surface area contributed by atoms with E-state index in [0.29, 0.717) is 6.04 Å². The molecule has 2 N–H and O–H groups in total. The number of benzene rings is 1. The molecule has 0 aliphatic carbocycles. The summed E-state index contributed by atoms with van der Waals surface area (Å²) < 4.78 is 0. The van der Waals surface area contributed by atoms with Gasteiger partial charge in [0, 0.05) is 18.6 Å². The largest absolute Gasteiger partial charge is 0.364 e. The Bertz CT molecular complexity index is 518. The van der Waals surface area contributed by atoms with Crippen molar-refractivity contribution >= 4 is 5.69 Å². The van der Waals surface area contributed by atoms with Crippen LogP contribution in [0.25, 0.3) is 0 Å². The molecule has 3 nitrogen and oxygen atoms in total. The van der Waals surface area contributed by atoms with Crippen LogP contribution in [-0.4, -0.2) is 11.0 Å². The summed E-state index contributed by atoms with van der Waals surface area (Å²) in [6, 6.07) is 15.0. The summed E-state index contributed by atoms with van der Waals surface area (Å²) >= 11 is 0. The lowest BCUT2D eigenvalue weighted by Crippen LogP contribution is -2.30. The summed E-state index contributed by atoms with van der Waals surface area (Å²) in [5.41, 5.74) is 9.21. The van der Waals surface area contributed by atoms with Crippen molar-refractivity contribution in [3.63, 3.8) is 0 Å². The van der Waals surface area contributed by atoms with E-state index in [1.807, 2.05) is 25.3 Å². The van der Waals surface area contributed by atoms with Crippen LogP contribution < -0.4 is 10.6 Å². The van der Waals surface area contributed by atoms with Crippen LogP contribution in [-0.2, 0) is 6.54 Å². The zero-order valence-corrected chi connectivity index (χ0v) is 12.5. The topological polar surface area (TPSA) is 42.1 Å². The second-order valence-electron chi connectivity index (χ2n) is 5.44. The molecule has 0 saturated carbocycles. The first-order valence-electron chi connectivity index (χ1n) is 7.10. The van der Waals surface area contributed by atoms with Gasteiger partial charge in [-0.1, -0.05) is 30.3 Å². The number of nitrogens with two attached hydrogens (primary N) is 1. The van der Waals surface area contributed by atoms with Crippen LogP contribution in [0.15, 0.2) is 48.7 Å². The van der Waals surface area contributed by atoms with Crippen molar-refractivity contribution in [2.75, 3.05) is 4.90 Å². The Balaban J connectivity index is 2.20. The summed E-state index contributed by atoms with van der Waals surface area (Å²) in [6.45, 7) is 7.23. The van der Waals surface area contributed by atoms with Gasteiger partial charge in [0.25, 0.3) is 0 Å². The Kier molecular flexibility index (Phi) is 4.74. The summed E-state index contributed by atoms with van der Waals surface area (Å²) in [6.07, 6.45) is 1.92. The van der Waals surface area contributed by atoms with Crippen LogP contribution in [0.2, 0.25) is 0 Å². The molecule has 0 aliphatic heterocycles. The third kappa shape index (κ3) is 3.58. The molecule has 1 aromatic heterocycles. The van der Waals surface area contributed by atoms with Crippen LogP contribution in [0.3, 0.4) is 0 Å². The van der Waals surface area contributed by atoms with Crippen LogP contribution in [0.1, 0.15) is 38.1 Å². The van der Waals surface area contributed by atoms with Gasteiger partial charge < -0.3 is 10.6 Å². The number of aromatic nitrogens is 1. The Hall–Kier alpha value is -1.87. The number of nitrogens with zero attached hydrogens (tertiary/aromatic N) is 2. The first-order chi connectivity index (χ1) is 9.58. The van der Waals surface area contributed by atoms with E-state index >= 15 is 0 Å². The van der Waals surface area contributed by atoms with Gasteiger partial charge in [0.2, 0.25) is 0 Å². The molecule has 0 amide bonds. The second kappa shape index (κ2) is 6.53. The van der Waals surface area contributed by atoms with Crippen LogP contribution >= 0.6 is 0 Å². The number of rotatable bonds is 5. The Labute approximate surface area is 121 Å². The minimum absolute atomic E-state index is 0.0225. The van der Waals surface area contributed by atoms with Gasteiger partial charge in [-0.15, -0.1) is 0 Å². The zero-order chi connectivity index (χ0) is 14.5. The maximum absolute atomic E-state index is 5.85. The molecular formula is C17H23N3. The lowest BCUT2D eigenvalue weighted by molar-refractivity contribution is 0.679. The lowest BCUT2D eigenvalue weighted by Gasteiger charge is -2.29. The number of pyridine rings is 1. The van der Waals surface area contributed by atoms with Crippen LogP contribution in [0.4, 0.5) is 5.69 Å². The molecule has 2 aromatic rings. The molecule has 0 radical (unpaired) electrons. The lowest BCUT2D eigenvalue weighted by atomic mass is 10.1. The van der Waals surface area contributed by atoms with Crippen molar-refractivity contribution in [1.82, 2.24) is 4.98 Å². The Morgan fingerprint density at radius 2 is 1.75 bits per heavy atom. The van der Waals surface area contributed by atoms with E-state index in [4.69, 9.17) is 5.73 Å². The standard InChI is InChI=1S/C17H23N3/c1-13(2)20(12-15-7-5-4-6-8-15)16-9-10-17(14(3)18)19-11-16/h4-11,13-14H,12,18H2,1-3H3. The smallest absolute Gasteiger partial charge is 0.0569 e. The number of hydrogen-bond donors (Lipinski definition) is 1. The minimum atomic E-state index is -0.0225. The van der Waals surface area contributed by atoms with E-state index < -0.39 is 0 Å².